The molecule has 0 radical (unpaired) electrons. The average molecular weight is 577 g/mol. The van der Waals surface area contributed by atoms with Gasteiger partial charge in [-0.1, -0.05) is 80.1 Å². The van der Waals surface area contributed by atoms with Crippen LogP contribution in [-0.4, -0.2) is 53.0 Å². The lowest BCUT2D eigenvalue weighted by atomic mass is 9.98. The van der Waals surface area contributed by atoms with Gasteiger partial charge in [-0.25, -0.2) is 19.4 Å². The lowest BCUT2D eigenvalue weighted by Crippen LogP contribution is -2.41. The van der Waals surface area contributed by atoms with Crippen molar-refractivity contribution < 1.29 is 4.74 Å². The van der Waals surface area contributed by atoms with E-state index in [0.717, 1.165) is 40.9 Å². The number of unbranched alkanes of at least 4 members (excludes halogenated alkanes) is 1. The number of nitrogens with one attached hydrogen (secondary N) is 1. The summed E-state index contributed by atoms with van der Waals surface area (Å²) in [6, 6.07) is 25.5. The van der Waals surface area contributed by atoms with Crippen LogP contribution in [0, 0.1) is 0 Å². The summed E-state index contributed by atoms with van der Waals surface area (Å²) in [4.78, 5) is 32.6. The summed E-state index contributed by atoms with van der Waals surface area (Å²) in [6.07, 6.45) is 2.56. The number of benzene rings is 3. The first-order valence-electron chi connectivity index (χ1n) is 14.3. The van der Waals surface area contributed by atoms with Gasteiger partial charge in [0.25, 0.3) is 5.56 Å². The number of H-pyrrole nitrogens is 1. The number of hydrogen-bond donors (Lipinski definition) is 1. The third-order valence-electron chi connectivity index (χ3n) is 7.53. The number of aromatic amines is 1. The Labute approximate surface area is 247 Å². The third-order valence-corrected chi connectivity index (χ3v) is 7.53. The monoisotopic (exact) mass is 576 g/mol. The summed E-state index contributed by atoms with van der Waals surface area (Å²) in [5.74, 6) is 1.37. The molecular weight excluding hydrogens is 544 g/mol. The van der Waals surface area contributed by atoms with Gasteiger partial charge in [0.15, 0.2) is 17.0 Å². The van der Waals surface area contributed by atoms with E-state index in [2.05, 4.69) is 51.8 Å². The predicted molar refractivity (Wildman–Crippen MR) is 164 cm³/mol. The van der Waals surface area contributed by atoms with E-state index in [1.807, 2.05) is 59.2 Å². The molecule has 0 atom stereocenters. The van der Waals surface area contributed by atoms with Crippen LogP contribution in [0.4, 0.5) is 0 Å². The third kappa shape index (κ3) is 5.42. The molecule has 0 unspecified atom stereocenters. The van der Waals surface area contributed by atoms with Crippen molar-refractivity contribution in [1.82, 2.24) is 39.3 Å². The zero-order valence-electron chi connectivity index (χ0n) is 24.1. The van der Waals surface area contributed by atoms with E-state index in [9.17, 15) is 9.59 Å². The normalized spacial score (nSPS) is 11.4. The van der Waals surface area contributed by atoms with E-state index in [0.29, 0.717) is 35.6 Å². The molecule has 43 heavy (non-hydrogen) atoms. The number of methoxy groups -OCH3 is 1. The van der Waals surface area contributed by atoms with Gasteiger partial charge in [0.1, 0.15) is 5.82 Å². The summed E-state index contributed by atoms with van der Waals surface area (Å²) in [6.45, 7) is 2.92. The highest BCUT2D eigenvalue weighted by atomic mass is 16.5. The summed E-state index contributed by atoms with van der Waals surface area (Å²) >= 11 is 0. The average Bonchev–Trinajstić information content (AvgIpc) is 3.70. The van der Waals surface area contributed by atoms with Crippen molar-refractivity contribution in [2.24, 2.45) is 0 Å². The molecule has 11 nitrogen and oxygen atoms in total. The van der Waals surface area contributed by atoms with E-state index in [-0.39, 0.29) is 18.7 Å². The molecule has 6 rings (SSSR count). The van der Waals surface area contributed by atoms with Gasteiger partial charge in [-0.3, -0.25) is 9.36 Å². The van der Waals surface area contributed by atoms with E-state index in [1.165, 1.54) is 9.13 Å². The standard InChI is InChI=1S/C32H32N8O3/c1-3-4-14-27-33-30-28(31(41)38(19-20-43-2)32(42)40(30)24-10-6-5-7-11-24)39(27)21-22-15-17-23(18-16-22)25-12-8-9-13-26(25)29-34-36-37-35-29/h5-13,15-18H,3-4,14,19-21H2,1-2H3,(H,34,35,36,37). The van der Waals surface area contributed by atoms with Crippen LogP contribution in [0.15, 0.2) is 88.5 Å². The Morgan fingerprint density at radius 3 is 2.33 bits per heavy atom. The smallest absolute Gasteiger partial charge is 0.337 e. The van der Waals surface area contributed by atoms with Gasteiger partial charge in [-0.05, 0) is 45.7 Å². The second-order valence-corrected chi connectivity index (χ2v) is 10.3. The van der Waals surface area contributed by atoms with Crippen LogP contribution >= 0.6 is 0 Å². The molecule has 3 heterocycles. The minimum absolute atomic E-state index is 0.140. The number of aromatic nitrogens is 8. The van der Waals surface area contributed by atoms with E-state index >= 15 is 0 Å². The maximum absolute atomic E-state index is 13.9. The Kier molecular flexibility index (Phi) is 8.05. The number of imidazole rings is 1. The Hall–Kier alpha value is -5.16. The van der Waals surface area contributed by atoms with Gasteiger partial charge in [-0.2, -0.15) is 0 Å². The number of rotatable bonds is 11. The van der Waals surface area contributed by atoms with Crippen LogP contribution in [0.25, 0.3) is 39.4 Å². The molecule has 218 valence electrons. The fourth-order valence-corrected chi connectivity index (χ4v) is 5.35. The molecule has 0 fully saturated rings. The predicted octanol–water partition coefficient (Wildman–Crippen LogP) is 4.23. The lowest BCUT2D eigenvalue weighted by molar-refractivity contribution is 0.184. The minimum atomic E-state index is -0.433. The molecule has 0 amide bonds. The molecule has 0 aliphatic heterocycles. The van der Waals surface area contributed by atoms with E-state index in [1.54, 1.807) is 7.11 Å². The van der Waals surface area contributed by atoms with Crippen molar-refractivity contribution >= 4 is 11.2 Å². The summed E-state index contributed by atoms with van der Waals surface area (Å²) in [5, 5.41) is 14.4. The highest BCUT2D eigenvalue weighted by Crippen LogP contribution is 2.30. The van der Waals surface area contributed by atoms with Crippen molar-refractivity contribution in [2.75, 3.05) is 13.7 Å². The summed E-state index contributed by atoms with van der Waals surface area (Å²) in [7, 11) is 1.55. The van der Waals surface area contributed by atoms with Crippen molar-refractivity contribution in [3.63, 3.8) is 0 Å². The van der Waals surface area contributed by atoms with Crippen LogP contribution in [0.1, 0.15) is 31.2 Å². The van der Waals surface area contributed by atoms with Gasteiger partial charge in [0.05, 0.1) is 18.8 Å². The first-order valence-corrected chi connectivity index (χ1v) is 14.3. The highest BCUT2D eigenvalue weighted by Gasteiger charge is 2.22. The number of tetrazole rings is 1. The molecule has 3 aromatic carbocycles. The topological polar surface area (TPSA) is 126 Å². The van der Waals surface area contributed by atoms with Crippen LogP contribution in [0.2, 0.25) is 0 Å². The zero-order valence-corrected chi connectivity index (χ0v) is 24.1. The Morgan fingerprint density at radius 2 is 1.63 bits per heavy atom. The van der Waals surface area contributed by atoms with Crippen molar-refractivity contribution in [1.29, 1.82) is 0 Å². The fourth-order valence-electron chi connectivity index (χ4n) is 5.35. The maximum Gasteiger partial charge on any atom is 0.337 e. The molecular formula is C32H32N8O3. The van der Waals surface area contributed by atoms with Crippen LogP contribution in [-0.2, 0) is 24.2 Å². The number of para-hydroxylation sites is 1. The summed E-state index contributed by atoms with van der Waals surface area (Å²) < 4.78 is 9.99. The van der Waals surface area contributed by atoms with Gasteiger partial charge < -0.3 is 9.30 Å². The minimum Gasteiger partial charge on any atom is -0.383 e. The molecule has 6 aromatic rings. The first-order chi connectivity index (χ1) is 21.1. The number of fused-ring (bicyclic) bond motifs is 1. The molecule has 1 N–H and O–H groups in total. The maximum atomic E-state index is 13.9. The fraction of sp³-hybridized carbons (Fsp3) is 0.250. The lowest BCUT2D eigenvalue weighted by Gasteiger charge is -2.13. The van der Waals surface area contributed by atoms with E-state index < -0.39 is 5.69 Å². The molecule has 0 bridgehead atoms. The largest absolute Gasteiger partial charge is 0.383 e. The first kappa shape index (κ1) is 28.0. The molecule has 3 aromatic heterocycles. The SMILES string of the molecule is CCCCc1nc2c(c(=O)n(CCOC)c(=O)n2-c2ccccc2)n1Cc1ccc(-c2ccccc2-c2nnn[nH]2)cc1. The quantitative estimate of drug-likeness (QED) is 0.245. The van der Waals surface area contributed by atoms with Crippen LogP contribution in [0.3, 0.4) is 0 Å². The van der Waals surface area contributed by atoms with Crippen LogP contribution in [0.5, 0.6) is 0 Å². The molecule has 0 aliphatic rings. The molecule has 0 aliphatic carbocycles. The van der Waals surface area contributed by atoms with Gasteiger partial charge in [0, 0.05) is 25.6 Å². The van der Waals surface area contributed by atoms with Gasteiger partial charge in [-0.15, -0.1) is 5.10 Å². The summed E-state index contributed by atoms with van der Waals surface area (Å²) in [5.41, 5.74) is 4.53. The van der Waals surface area contributed by atoms with Crippen molar-refractivity contribution in [2.45, 2.75) is 39.3 Å². The highest BCUT2D eigenvalue weighted by molar-refractivity contribution is 5.80. The molecule has 11 heteroatoms. The second kappa shape index (κ2) is 12.4. The Morgan fingerprint density at radius 1 is 0.884 bits per heavy atom. The number of hydrogen-bond acceptors (Lipinski definition) is 7. The molecule has 0 spiro atoms. The number of aryl methyl sites for hydroxylation is 1. The molecule has 0 saturated heterocycles. The Balaban J connectivity index is 1.47. The van der Waals surface area contributed by atoms with Crippen molar-refractivity contribution in [3.8, 4) is 28.2 Å². The van der Waals surface area contributed by atoms with Crippen molar-refractivity contribution in [3.05, 3.63) is 111 Å². The van der Waals surface area contributed by atoms with Crippen LogP contribution < -0.4 is 11.2 Å². The van der Waals surface area contributed by atoms with Gasteiger partial charge in [0.2, 0.25) is 0 Å². The zero-order chi connectivity index (χ0) is 29.8. The van der Waals surface area contributed by atoms with Gasteiger partial charge >= 0.3 is 5.69 Å². The van der Waals surface area contributed by atoms with E-state index in [4.69, 9.17) is 9.72 Å². The molecule has 0 saturated carbocycles. The number of ether oxygens (including phenoxy) is 1. The Bertz CT molecular complexity index is 1960. The second-order valence-electron chi connectivity index (χ2n) is 10.3. The number of nitrogens with zero attached hydrogens (tertiary/aromatic N) is 7.